The zero-order chi connectivity index (χ0) is 15.2. The topological polar surface area (TPSA) is 80.7 Å². The van der Waals surface area contributed by atoms with E-state index in [4.69, 9.17) is 9.15 Å². The largest absolute Gasteiger partial charge is 0.508 e. The van der Waals surface area contributed by atoms with Gasteiger partial charge in [0.1, 0.15) is 11.5 Å². The lowest BCUT2D eigenvalue weighted by atomic mass is 10.2. The summed E-state index contributed by atoms with van der Waals surface area (Å²) in [5, 5.41) is 16.9. The number of rotatable bonds is 5. The number of aliphatic imine (C=N–C) groups is 1. The van der Waals surface area contributed by atoms with Crippen LogP contribution in [0.2, 0.25) is 0 Å². The van der Waals surface area contributed by atoms with Crippen molar-refractivity contribution in [2.75, 3.05) is 0 Å². The Balaban J connectivity index is 1.60. The van der Waals surface area contributed by atoms with Gasteiger partial charge in [0.2, 0.25) is 0 Å². The van der Waals surface area contributed by atoms with Crippen LogP contribution in [0.5, 0.6) is 11.5 Å². The maximum atomic E-state index is 9.20. The molecule has 3 aromatic rings. The smallest absolute Gasteiger partial charge is 0.342 e. The minimum absolute atomic E-state index is 0.153. The molecule has 1 N–H and O–H groups in total. The Bertz CT molecular complexity index is 752. The minimum atomic E-state index is 0.153. The second kappa shape index (κ2) is 6.53. The van der Waals surface area contributed by atoms with Crippen molar-refractivity contribution < 1.29 is 14.3 Å². The first-order valence-electron chi connectivity index (χ1n) is 6.63. The summed E-state index contributed by atoms with van der Waals surface area (Å²) in [5.74, 6) is 1.28. The van der Waals surface area contributed by atoms with Gasteiger partial charge < -0.3 is 14.3 Å². The second-order valence-electron chi connectivity index (χ2n) is 4.43. The highest BCUT2D eigenvalue weighted by atomic mass is 16.5. The van der Waals surface area contributed by atoms with Crippen LogP contribution < -0.4 is 4.74 Å². The summed E-state index contributed by atoms with van der Waals surface area (Å²) in [5.41, 5.74) is 0.818. The quantitative estimate of drug-likeness (QED) is 0.731. The van der Waals surface area contributed by atoms with E-state index in [0.717, 1.165) is 11.3 Å². The molecule has 0 saturated heterocycles. The molecular weight excluding hydrogens is 282 g/mol. The molecule has 110 valence electrons. The summed E-state index contributed by atoms with van der Waals surface area (Å²) in [6, 6.07) is 16.1. The standard InChI is InChI=1S/C16H13N3O3/c20-13-8-6-12(7-9-13)10-17-16-19-18-15(22-16)11-21-14-4-2-1-3-5-14/h1-10,20H,11H2. The van der Waals surface area contributed by atoms with Crippen LogP contribution in [0.25, 0.3) is 0 Å². The van der Waals surface area contributed by atoms with Gasteiger partial charge in [0, 0.05) is 6.21 Å². The normalized spacial score (nSPS) is 10.9. The van der Waals surface area contributed by atoms with Crippen molar-refractivity contribution in [1.82, 2.24) is 10.2 Å². The molecule has 0 aliphatic carbocycles. The van der Waals surface area contributed by atoms with Crippen LogP contribution in [-0.2, 0) is 6.61 Å². The van der Waals surface area contributed by atoms with Crippen molar-refractivity contribution >= 4 is 12.2 Å². The first-order valence-corrected chi connectivity index (χ1v) is 6.63. The van der Waals surface area contributed by atoms with Gasteiger partial charge in [-0.25, -0.2) is 4.99 Å². The monoisotopic (exact) mass is 295 g/mol. The first-order chi connectivity index (χ1) is 10.8. The fourth-order valence-corrected chi connectivity index (χ4v) is 1.71. The van der Waals surface area contributed by atoms with Crippen molar-refractivity contribution in [1.29, 1.82) is 0 Å². The van der Waals surface area contributed by atoms with Gasteiger partial charge >= 0.3 is 6.01 Å². The van der Waals surface area contributed by atoms with Crippen molar-refractivity contribution in [3.8, 4) is 11.5 Å². The van der Waals surface area contributed by atoms with Crippen LogP contribution in [0.4, 0.5) is 6.01 Å². The Morgan fingerprint density at radius 1 is 1.05 bits per heavy atom. The Morgan fingerprint density at radius 2 is 1.82 bits per heavy atom. The van der Waals surface area contributed by atoms with Crippen molar-refractivity contribution in [2.45, 2.75) is 6.61 Å². The molecule has 22 heavy (non-hydrogen) atoms. The fourth-order valence-electron chi connectivity index (χ4n) is 1.71. The van der Waals surface area contributed by atoms with Gasteiger partial charge in [0.15, 0.2) is 6.61 Å². The van der Waals surface area contributed by atoms with Crippen LogP contribution in [-0.4, -0.2) is 21.5 Å². The highest BCUT2D eigenvalue weighted by Crippen LogP contribution is 2.14. The van der Waals surface area contributed by atoms with E-state index in [1.807, 2.05) is 30.3 Å². The number of phenolic OH excluding ortho intramolecular Hbond substituents is 1. The van der Waals surface area contributed by atoms with Gasteiger partial charge in [-0.15, -0.1) is 5.10 Å². The number of hydrogen-bond donors (Lipinski definition) is 1. The maximum Gasteiger partial charge on any atom is 0.342 e. The summed E-state index contributed by atoms with van der Waals surface area (Å²) in [6.07, 6.45) is 1.58. The van der Waals surface area contributed by atoms with Gasteiger partial charge in [-0.2, -0.15) is 0 Å². The SMILES string of the molecule is Oc1ccc(C=Nc2nnc(COc3ccccc3)o2)cc1. The molecule has 0 spiro atoms. The van der Waals surface area contributed by atoms with Crippen molar-refractivity contribution in [3.63, 3.8) is 0 Å². The Kier molecular flexibility index (Phi) is 4.10. The Labute approximate surface area is 126 Å². The number of aromatic nitrogens is 2. The van der Waals surface area contributed by atoms with Crippen molar-refractivity contribution in [2.24, 2.45) is 4.99 Å². The van der Waals surface area contributed by atoms with E-state index in [9.17, 15) is 5.11 Å². The first kappa shape index (κ1) is 13.8. The molecule has 0 amide bonds. The van der Waals surface area contributed by atoms with E-state index in [-0.39, 0.29) is 18.4 Å². The molecule has 3 rings (SSSR count). The van der Waals surface area contributed by atoms with Crippen LogP contribution in [0.3, 0.4) is 0 Å². The van der Waals surface area contributed by atoms with E-state index in [1.54, 1.807) is 30.5 Å². The summed E-state index contributed by atoms with van der Waals surface area (Å²) in [4.78, 5) is 4.08. The fraction of sp³-hybridized carbons (Fsp3) is 0.0625. The number of para-hydroxylation sites is 1. The summed E-state index contributed by atoms with van der Waals surface area (Å²) in [7, 11) is 0. The average molecular weight is 295 g/mol. The molecule has 2 aromatic carbocycles. The van der Waals surface area contributed by atoms with E-state index < -0.39 is 0 Å². The average Bonchev–Trinajstić information content (AvgIpc) is 3.01. The molecule has 6 nitrogen and oxygen atoms in total. The van der Waals surface area contributed by atoms with E-state index in [2.05, 4.69) is 15.2 Å². The lowest BCUT2D eigenvalue weighted by Gasteiger charge is -2.01. The third-order valence-electron chi connectivity index (χ3n) is 2.78. The summed E-state index contributed by atoms with van der Waals surface area (Å²) < 4.78 is 10.9. The third-order valence-corrected chi connectivity index (χ3v) is 2.78. The van der Waals surface area contributed by atoms with E-state index >= 15 is 0 Å². The molecule has 0 aliphatic heterocycles. The molecule has 0 atom stereocenters. The van der Waals surface area contributed by atoms with Crippen LogP contribution in [0.1, 0.15) is 11.5 Å². The van der Waals surface area contributed by atoms with Crippen LogP contribution in [0.15, 0.2) is 64.0 Å². The lowest BCUT2D eigenvalue weighted by molar-refractivity contribution is 0.264. The molecular formula is C16H13N3O3. The molecule has 0 saturated carbocycles. The maximum absolute atomic E-state index is 9.20. The van der Waals surface area contributed by atoms with Gasteiger partial charge in [0.25, 0.3) is 5.89 Å². The molecule has 0 radical (unpaired) electrons. The van der Waals surface area contributed by atoms with Crippen molar-refractivity contribution in [3.05, 3.63) is 66.1 Å². The van der Waals surface area contributed by atoms with Crippen LogP contribution in [0, 0.1) is 0 Å². The molecule has 0 bridgehead atoms. The number of benzene rings is 2. The molecule has 0 fully saturated rings. The summed E-state index contributed by atoms with van der Waals surface area (Å²) in [6.45, 7) is 0.186. The van der Waals surface area contributed by atoms with E-state index in [0.29, 0.717) is 5.89 Å². The van der Waals surface area contributed by atoms with Gasteiger partial charge in [-0.1, -0.05) is 23.3 Å². The predicted octanol–water partition coefficient (Wildman–Crippen LogP) is 3.10. The lowest BCUT2D eigenvalue weighted by Crippen LogP contribution is -1.95. The molecule has 6 heteroatoms. The number of phenols is 1. The van der Waals surface area contributed by atoms with Crippen LogP contribution >= 0.6 is 0 Å². The van der Waals surface area contributed by atoms with Gasteiger partial charge in [-0.3, -0.25) is 0 Å². The van der Waals surface area contributed by atoms with E-state index in [1.165, 1.54) is 0 Å². The minimum Gasteiger partial charge on any atom is -0.508 e. The number of hydrogen-bond acceptors (Lipinski definition) is 6. The zero-order valence-corrected chi connectivity index (χ0v) is 11.6. The highest BCUT2D eigenvalue weighted by Gasteiger charge is 2.05. The van der Waals surface area contributed by atoms with Gasteiger partial charge in [-0.05, 0) is 42.0 Å². The Hall–Kier alpha value is -3.15. The zero-order valence-electron chi connectivity index (χ0n) is 11.6. The molecule has 1 heterocycles. The number of nitrogens with zero attached hydrogens (tertiary/aromatic N) is 3. The second-order valence-corrected chi connectivity index (χ2v) is 4.43. The van der Waals surface area contributed by atoms with Gasteiger partial charge in [0.05, 0.1) is 0 Å². The summed E-state index contributed by atoms with van der Waals surface area (Å²) >= 11 is 0. The Morgan fingerprint density at radius 3 is 2.59 bits per heavy atom. The molecule has 0 aliphatic rings. The highest BCUT2D eigenvalue weighted by molar-refractivity contribution is 5.81. The third kappa shape index (κ3) is 3.69. The molecule has 1 aromatic heterocycles. The number of ether oxygens (including phenoxy) is 1. The number of aromatic hydroxyl groups is 1. The predicted molar refractivity (Wildman–Crippen MR) is 80.4 cm³/mol. The molecule has 0 unspecified atom stereocenters.